The third kappa shape index (κ3) is 3.01. The molecule has 1 aliphatic heterocycles. The summed E-state index contributed by atoms with van der Waals surface area (Å²) >= 11 is 0. The molecule has 0 unspecified atom stereocenters. The van der Waals surface area contributed by atoms with Crippen LogP contribution in [-0.2, 0) is 13.6 Å². The van der Waals surface area contributed by atoms with E-state index in [-0.39, 0.29) is 6.04 Å². The number of aryl methyl sites for hydroxylation is 3. The maximum Gasteiger partial charge on any atom is 0.105 e. The van der Waals surface area contributed by atoms with E-state index in [4.69, 9.17) is 5.73 Å². The molecule has 0 amide bonds. The lowest BCUT2D eigenvalue weighted by atomic mass is 10.0. The molecule has 2 aromatic heterocycles. The highest BCUT2D eigenvalue weighted by Gasteiger charge is 2.32. The molecule has 1 fully saturated rings. The highest BCUT2D eigenvalue weighted by Crippen LogP contribution is 2.25. The quantitative estimate of drug-likeness (QED) is 0.881. The molecule has 3 rings (SSSR count). The zero-order valence-corrected chi connectivity index (χ0v) is 12.8. The number of imidazole rings is 2. The summed E-state index contributed by atoms with van der Waals surface area (Å²) in [6, 6.07) is 0.204. The topological polar surface area (TPSA) is 64.9 Å². The van der Waals surface area contributed by atoms with Crippen LogP contribution in [0.3, 0.4) is 0 Å². The number of hydrogen-bond donors (Lipinski definition) is 1. The van der Waals surface area contributed by atoms with E-state index in [9.17, 15) is 0 Å². The zero-order valence-electron chi connectivity index (χ0n) is 12.8. The molecule has 21 heavy (non-hydrogen) atoms. The Morgan fingerprint density at radius 3 is 2.86 bits per heavy atom. The minimum absolute atomic E-state index is 0.204. The van der Waals surface area contributed by atoms with Crippen molar-refractivity contribution in [1.82, 2.24) is 24.0 Å². The van der Waals surface area contributed by atoms with Gasteiger partial charge in [0.05, 0.1) is 6.33 Å². The van der Waals surface area contributed by atoms with Gasteiger partial charge in [0.2, 0.25) is 0 Å². The molecule has 0 radical (unpaired) electrons. The predicted molar refractivity (Wildman–Crippen MR) is 81.9 cm³/mol. The summed E-state index contributed by atoms with van der Waals surface area (Å²) in [5.74, 6) is 1.48. The van der Waals surface area contributed by atoms with Crippen LogP contribution in [-0.4, -0.2) is 49.7 Å². The molecular formula is C15H24N6. The molecular weight excluding hydrogens is 264 g/mol. The van der Waals surface area contributed by atoms with Crippen LogP contribution in [0.25, 0.3) is 0 Å². The Hall–Kier alpha value is -1.66. The highest BCUT2D eigenvalue weighted by molar-refractivity contribution is 5.13. The van der Waals surface area contributed by atoms with Crippen LogP contribution >= 0.6 is 0 Å². The van der Waals surface area contributed by atoms with E-state index in [0.717, 1.165) is 38.4 Å². The monoisotopic (exact) mass is 288 g/mol. The number of hydrogen-bond acceptors (Lipinski definition) is 4. The second-order valence-corrected chi connectivity index (χ2v) is 5.98. The number of nitrogens with zero attached hydrogens (tertiary/aromatic N) is 5. The van der Waals surface area contributed by atoms with Gasteiger partial charge in [-0.1, -0.05) is 0 Å². The van der Waals surface area contributed by atoms with Crippen LogP contribution < -0.4 is 5.73 Å². The lowest BCUT2D eigenvalue weighted by Crippen LogP contribution is -2.29. The van der Waals surface area contributed by atoms with Gasteiger partial charge in [0.25, 0.3) is 0 Å². The van der Waals surface area contributed by atoms with Gasteiger partial charge in [-0.25, -0.2) is 9.97 Å². The van der Waals surface area contributed by atoms with Crippen molar-refractivity contribution in [2.45, 2.75) is 31.8 Å². The summed E-state index contributed by atoms with van der Waals surface area (Å²) in [5, 5.41) is 0. The first kappa shape index (κ1) is 14.3. The van der Waals surface area contributed by atoms with Crippen LogP contribution in [0.4, 0.5) is 0 Å². The molecule has 0 saturated carbocycles. The number of nitrogens with two attached hydrogens (primary N) is 1. The number of rotatable bonds is 5. The molecule has 2 aromatic rings. The van der Waals surface area contributed by atoms with Crippen LogP contribution in [0.15, 0.2) is 24.9 Å². The summed E-state index contributed by atoms with van der Waals surface area (Å²) in [6.07, 6.45) is 8.83. The molecule has 114 valence electrons. The second-order valence-electron chi connectivity index (χ2n) is 5.98. The first-order chi connectivity index (χ1) is 10.1. The Morgan fingerprint density at radius 2 is 2.19 bits per heavy atom. The third-order valence-electron chi connectivity index (χ3n) is 4.47. The Balaban J connectivity index is 1.52. The van der Waals surface area contributed by atoms with Gasteiger partial charge in [-0.15, -0.1) is 0 Å². The van der Waals surface area contributed by atoms with E-state index in [1.165, 1.54) is 5.69 Å². The zero-order chi connectivity index (χ0) is 14.8. The third-order valence-corrected chi connectivity index (χ3v) is 4.47. The minimum atomic E-state index is 0.204. The fourth-order valence-corrected chi connectivity index (χ4v) is 3.24. The van der Waals surface area contributed by atoms with Crippen molar-refractivity contribution in [2.75, 3.05) is 19.6 Å². The van der Waals surface area contributed by atoms with E-state index in [1.54, 1.807) is 0 Å². The summed E-state index contributed by atoms with van der Waals surface area (Å²) in [6.45, 7) is 6.15. The molecule has 6 heteroatoms. The van der Waals surface area contributed by atoms with Crippen molar-refractivity contribution < 1.29 is 0 Å². The molecule has 0 bridgehead atoms. The molecule has 6 nitrogen and oxygen atoms in total. The van der Waals surface area contributed by atoms with E-state index in [2.05, 4.69) is 24.0 Å². The summed E-state index contributed by atoms with van der Waals surface area (Å²) < 4.78 is 4.29. The molecule has 1 saturated heterocycles. The summed E-state index contributed by atoms with van der Waals surface area (Å²) in [4.78, 5) is 10.9. The van der Waals surface area contributed by atoms with E-state index in [0.29, 0.717) is 5.92 Å². The van der Waals surface area contributed by atoms with Crippen molar-refractivity contribution in [3.05, 3.63) is 36.4 Å². The van der Waals surface area contributed by atoms with Crippen molar-refractivity contribution in [2.24, 2.45) is 12.8 Å². The van der Waals surface area contributed by atoms with Crippen LogP contribution in [0.1, 0.15) is 23.9 Å². The van der Waals surface area contributed by atoms with Gasteiger partial charge in [-0.2, -0.15) is 0 Å². The number of likely N-dealkylation sites (tertiary alicyclic amines) is 1. The SMILES string of the molecule is Cc1nccn1CCCN1C[C@@H](N)[C@H](c2cncn2C)C1. The van der Waals surface area contributed by atoms with Gasteiger partial charge >= 0.3 is 0 Å². The normalized spacial score (nSPS) is 23.0. The van der Waals surface area contributed by atoms with Crippen LogP contribution in [0.5, 0.6) is 0 Å². The van der Waals surface area contributed by atoms with Gasteiger partial charge in [-0.05, 0) is 19.9 Å². The first-order valence-corrected chi connectivity index (χ1v) is 7.57. The average molecular weight is 288 g/mol. The molecule has 0 aliphatic carbocycles. The highest BCUT2D eigenvalue weighted by atomic mass is 15.2. The van der Waals surface area contributed by atoms with Crippen LogP contribution in [0, 0.1) is 6.92 Å². The predicted octanol–water partition coefficient (Wildman–Crippen LogP) is 0.742. The Morgan fingerprint density at radius 1 is 1.33 bits per heavy atom. The maximum absolute atomic E-state index is 6.32. The molecule has 0 spiro atoms. The molecule has 2 atom stereocenters. The van der Waals surface area contributed by atoms with E-state index < -0.39 is 0 Å². The van der Waals surface area contributed by atoms with Crippen molar-refractivity contribution >= 4 is 0 Å². The van der Waals surface area contributed by atoms with Gasteiger partial charge in [0.1, 0.15) is 5.82 Å². The maximum atomic E-state index is 6.32. The fraction of sp³-hybridized carbons (Fsp3) is 0.600. The van der Waals surface area contributed by atoms with Gasteiger partial charge in [0, 0.05) is 62.9 Å². The van der Waals surface area contributed by atoms with E-state index >= 15 is 0 Å². The second kappa shape index (κ2) is 5.99. The van der Waals surface area contributed by atoms with Gasteiger partial charge < -0.3 is 19.8 Å². The lowest BCUT2D eigenvalue weighted by Gasteiger charge is -2.16. The van der Waals surface area contributed by atoms with Crippen LogP contribution in [0.2, 0.25) is 0 Å². The van der Waals surface area contributed by atoms with Crippen molar-refractivity contribution in [3.8, 4) is 0 Å². The molecule has 3 heterocycles. The summed E-state index contributed by atoms with van der Waals surface area (Å²) in [5.41, 5.74) is 7.57. The Bertz CT molecular complexity index is 587. The number of aromatic nitrogens is 4. The lowest BCUT2D eigenvalue weighted by molar-refractivity contribution is 0.317. The smallest absolute Gasteiger partial charge is 0.105 e. The van der Waals surface area contributed by atoms with Gasteiger partial charge in [-0.3, -0.25) is 0 Å². The van der Waals surface area contributed by atoms with E-state index in [1.807, 2.05) is 38.9 Å². The Kier molecular flexibility index (Phi) is 4.07. The summed E-state index contributed by atoms with van der Waals surface area (Å²) in [7, 11) is 2.04. The van der Waals surface area contributed by atoms with Gasteiger partial charge in [0.15, 0.2) is 0 Å². The standard InChI is InChI=1S/C15H24N6/c1-12-18-4-7-21(12)6-3-5-20-9-13(14(16)10-20)15-8-17-11-19(15)2/h4,7-8,11,13-14H,3,5-6,9-10,16H2,1-2H3/t13-,14-/m1/s1. The minimum Gasteiger partial charge on any atom is -0.337 e. The molecule has 0 aromatic carbocycles. The molecule has 1 aliphatic rings. The average Bonchev–Trinajstić information content (AvgIpc) is 3.12. The van der Waals surface area contributed by atoms with Crippen molar-refractivity contribution in [3.63, 3.8) is 0 Å². The fourth-order valence-electron chi connectivity index (χ4n) is 3.24. The van der Waals surface area contributed by atoms with Crippen molar-refractivity contribution in [1.29, 1.82) is 0 Å². The largest absolute Gasteiger partial charge is 0.337 e. The first-order valence-electron chi connectivity index (χ1n) is 7.57. The Labute approximate surface area is 125 Å². The molecule has 2 N–H and O–H groups in total.